The van der Waals surface area contributed by atoms with Crippen molar-refractivity contribution in [3.8, 4) is 21.0 Å². The second-order valence-corrected chi connectivity index (χ2v) is 8.90. The number of carbonyl (C=O) groups excluding carboxylic acids is 1. The lowest BCUT2D eigenvalue weighted by atomic mass is 10.0. The number of rotatable bonds is 5. The molecule has 0 aliphatic carbocycles. The molecule has 4 heterocycles. The number of nitrogens with one attached hydrogen (secondary N) is 1. The molecule has 3 aromatic rings. The molecule has 0 atom stereocenters. The zero-order valence-corrected chi connectivity index (χ0v) is 18.2. The van der Waals surface area contributed by atoms with Gasteiger partial charge in [0.1, 0.15) is 10.7 Å². The monoisotopic (exact) mass is 438 g/mol. The quantitative estimate of drug-likeness (QED) is 0.635. The first-order valence-corrected chi connectivity index (χ1v) is 11.5. The van der Waals surface area contributed by atoms with E-state index in [0.717, 1.165) is 71.8 Å². The van der Waals surface area contributed by atoms with Crippen molar-refractivity contribution in [2.75, 3.05) is 49.2 Å². The SMILES string of the molecule is NC(=O)c1nc(-c2cn[nH]c2)sc1-c1cc(N2CCOCC2)ccc1N1CCCCC1. The molecule has 5 rings (SSSR count). The van der Waals surface area contributed by atoms with Gasteiger partial charge in [0.25, 0.3) is 5.91 Å². The number of primary amides is 1. The fourth-order valence-corrected chi connectivity index (χ4v) is 5.37. The molecule has 8 nitrogen and oxygen atoms in total. The lowest BCUT2D eigenvalue weighted by Crippen LogP contribution is -2.36. The van der Waals surface area contributed by atoms with Crippen molar-refractivity contribution in [2.24, 2.45) is 5.73 Å². The average Bonchev–Trinajstić information content (AvgIpc) is 3.50. The van der Waals surface area contributed by atoms with Crippen molar-refractivity contribution in [1.29, 1.82) is 0 Å². The maximum Gasteiger partial charge on any atom is 0.268 e. The highest BCUT2D eigenvalue weighted by molar-refractivity contribution is 7.18. The summed E-state index contributed by atoms with van der Waals surface area (Å²) in [5.41, 5.74) is 10.2. The first-order chi connectivity index (χ1) is 15.2. The molecule has 2 aliphatic rings. The molecule has 2 aliphatic heterocycles. The zero-order valence-electron chi connectivity index (χ0n) is 17.3. The third kappa shape index (κ3) is 4.03. The lowest BCUT2D eigenvalue weighted by Gasteiger charge is -2.33. The van der Waals surface area contributed by atoms with E-state index < -0.39 is 5.91 Å². The second kappa shape index (κ2) is 8.68. The van der Waals surface area contributed by atoms with Crippen molar-refractivity contribution in [2.45, 2.75) is 19.3 Å². The molecule has 162 valence electrons. The molecule has 0 saturated carbocycles. The highest BCUT2D eigenvalue weighted by Crippen LogP contribution is 2.42. The van der Waals surface area contributed by atoms with Crippen LogP contribution in [0.15, 0.2) is 30.6 Å². The summed E-state index contributed by atoms with van der Waals surface area (Å²) in [5.74, 6) is -0.512. The summed E-state index contributed by atoms with van der Waals surface area (Å²) < 4.78 is 5.52. The minimum Gasteiger partial charge on any atom is -0.378 e. The van der Waals surface area contributed by atoms with Crippen LogP contribution < -0.4 is 15.5 Å². The molecule has 0 bridgehead atoms. The molecule has 9 heteroatoms. The van der Waals surface area contributed by atoms with E-state index in [4.69, 9.17) is 10.5 Å². The van der Waals surface area contributed by atoms with Gasteiger partial charge in [-0.05, 0) is 37.5 Å². The van der Waals surface area contributed by atoms with Crippen molar-refractivity contribution in [3.05, 3.63) is 36.3 Å². The molecule has 2 fully saturated rings. The number of anilines is 2. The van der Waals surface area contributed by atoms with Gasteiger partial charge in [0.2, 0.25) is 0 Å². The Bertz CT molecular complexity index is 1050. The third-order valence-corrected chi connectivity index (χ3v) is 7.04. The van der Waals surface area contributed by atoms with Gasteiger partial charge in [-0.25, -0.2) is 4.98 Å². The van der Waals surface area contributed by atoms with Crippen LogP contribution >= 0.6 is 11.3 Å². The number of piperidine rings is 1. The summed E-state index contributed by atoms with van der Waals surface area (Å²) in [6, 6.07) is 6.56. The summed E-state index contributed by atoms with van der Waals surface area (Å²) >= 11 is 1.49. The van der Waals surface area contributed by atoms with Gasteiger partial charge < -0.3 is 20.3 Å². The van der Waals surface area contributed by atoms with Gasteiger partial charge in [-0.3, -0.25) is 9.89 Å². The minimum atomic E-state index is -0.512. The van der Waals surface area contributed by atoms with E-state index in [2.05, 4.69) is 43.2 Å². The zero-order chi connectivity index (χ0) is 21.2. The molecule has 31 heavy (non-hydrogen) atoms. The molecule has 0 radical (unpaired) electrons. The number of amides is 1. The number of aromatic nitrogens is 3. The largest absolute Gasteiger partial charge is 0.378 e. The van der Waals surface area contributed by atoms with Crippen LogP contribution in [0.4, 0.5) is 11.4 Å². The van der Waals surface area contributed by atoms with Crippen LogP contribution in [0, 0.1) is 0 Å². The van der Waals surface area contributed by atoms with E-state index >= 15 is 0 Å². The number of aromatic amines is 1. The molecule has 1 amide bonds. The van der Waals surface area contributed by atoms with E-state index in [1.54, 1.807) is 12.4 Å². The van der Waals surface area contributed by atoms with Crippen LogP contribution in [0.2, 0.25) is 0 Å². The lowest BCUT2D eigenvalue weighted by molar-refractivity contribution is 0.0997. The smallest absolute Gasteiger partial charge is 0.268 e. The Hall–Kier alpha value is -2.91. The topological polar surface area (TPSA) is 100 Å². The Labute approximate surface area is 185 Å². The van der Waals surface area contributed by atoms with Gasteiger partial charge in [0.05, 0.1) is 24.3 Å². The van der Waals surface area contributed by atoms with E-state index in [-0.39, 0.29) is 0 Å². The van der Waals surface area contributed by atoms with E-state index in [1.165, 1.54) is 30.6 Å². The van der Waals surface area contributed by atoms with Gasteiger partial charge in [-0.2, -0.15) is 5.10 Å². The number of H-pyrrole nitrogens is 1. The number of carbonyl (C=O) groups is 1. The van der Waals surface area contributed by atoms with Crippen molar-refractivity contribution in [3.63, 3.8) is 0 Å². The summed E-state index contributed by atoms with van der Waals surface area (Å²) in [4.78, 5) is 22.5. The average molecular weight is 439 g/mol. The Morgan fingerprint density at radius 1 is 1.10 bits per heavy atom. The fourth-order valence-electron chi connectivity index (χ4n) is 4.30. The van der Waals surface area contributed by atoms with Gasteiger partial charge in [0.15, 0.2) is 0 Å². The number of ether oxygens (including phenoxy) is 1. The number of hydrogen-bond acceptors (Lipinski definition) is 7. The highest BCUT2D eigenvalue weighted by atomic mass is 32.1. The number of thiazole rings is 1. The minimum absolute atomic E-state index is 0.318. The molecule has 2 aromatic heterocycles. The molecule has 0 spiro atoms. The Morgan fingerprint density at radius 2 is 1.90 bits per heavy atom. The van der Waals surface area contributed by atoms with Crippen LogP contribution in [0.3, 0.4) is 0 Å². The first-order valence-electron chi connectivity index (χ1n) is 10.7. The molecule has 2 saturated heterocycles. The van der Waals surface area contributed by atoms with Crippen LogP contribution in [-0.4, -0.2) is 60.5 Å². The number of nitrogens with two attached hydrogens (primary N) is 1. The summed E-state index contributed by atoms with van der Waals surface area (Å²) in [6.45, 7) is 5.19. The predicted molar refractivity (Wildman–Crippen MR) is 123 cm³/mol. The van der Waals surface area contributed by atoms with E-state index in [9.17, 15) is 4.79 Å². The molecule has 0 unspecified atom stereocenters. The Morgan fingerprint density at radius 3 is 2.61 bits per heavy atom. The normalized spacial score (nSPS) is 17.2. The van der Waals surface area contributed by atoms with Crippen LogP contribution in [-0.2, 0) is 4.74 Å². The van der Waals surface area contributed by atoms with E-state index in [0.29, 0.717) is 5.69 Å². The van der Waals surface area contributed by atoms with Gasteiger partial charge in [-0.1, -0.05) is 0 Å². The Balaban J connectivity index is 1.64. The van der Waals surface area contributed by atoms with Gasteiger partial charge in [-0.15, -0.1) is 11.3 Å². The molecule has 1 aromatic carbocycles. The van der Waals surface area contributed by atoms with Crippen LogP contribution in [0.5, 0.6) is 0 Å². The first kappa shape index (κ1) is 20.0. The van der Waals surface area contributed by atoms with Crippen LogP contribution in [0.25, 0.3) is 21.0 Å². The van der Waals surface area contributed by atoms with Crippen molar-refractivity contribution in [1.82, 2.24) is 15.2 Å². The highest BCUT2D eigenvalue weighted by Gasteiger charge is 2.25. The van der Waals surface area contributed by atoms with E-state index in [1.807, 2.05) is 0 Å². The molecular weight excluding hydrogens is 412 g/mol. The Kier molecular flexibility index (Phi) is 5.61. The number of hydrogen-bond donors (Lipinski definition) is 2. The van der Waals surface area contributed by atoms with Gasteiger partial charge in [0, 0.05) is 54.9 Å². The maximum absolute atomic E-state index is 12.4. The maximum atomic E-state index is 12.4. The summed E-state index contributed by atoms with van der Waals surface area (Å²) in [7, 11) is 0. The number of nitrogens with zero attached hydrogens (tertiary/aromatic N) is 4. The molecular formula is C22H26N6O2S. The van der Waals surface area contributed by atoms with Crippen molar-refractivity contribution < 1.29 is 9.53 Å². The molecule has 3 N–H and O–H groups in total. The summed E-state index contributed by atoms with van der Waals surface area (Å²) in [5, 5.41) is 7.57. The number of morpholine rings is 1. The van der Waals surface area contributed by atoms with Crippen LogP contribution in [0.1, 0.15) is 29.8 Å². The standard InChI is InChI=1S/C22H26N6O2S/c23-21(29)19-20(31-22(26-19)15-13-24-25-14-15)17-12-16(27-8-10-30-11-9-27)4-5-18(17)28-6-2-1-3-7-28/h4-5,12-14H,1-3,6-11H2,(H2,23,29)(H,24,25). The number of benzene rings is 1. The summed E-state index contributed by atoms with van der Waals surface area (Å²) in [6.07, 6.45) is 7.11. The fraction of sp³-hybridized carbons (Fsp3) is 0.409. The predicted octanol–water partition coefficient (Wildman–Crippen LogP) is 3.13. The second-order valence-electron chi connectivity index (χ2n) is 7.90. The third-order valence-electron chi connectivity index (χ3n) is 5.90. The van der Waals surface area contributed by atoms with Crippen molar-refractivity contribution >= 4 is 28.6 Å². The van der Waals surface area contributed by atoms with Gasteiger partial charge >= 0.3 is 0 Å².